The second kappa shape index (κ2) is 7.19. The highest BCUT2D eigenvalue weighted by atomic mass is 35.5. The van der Waals surface area contributed by atoms with Crippen molar-refractivity contribution in [3.63, 3.8) is 0 Å². The number of hydrogen-bond donors (Lipinski definition) is 0. The Kier molecular flexibility index (Phi) is 5.28. The molecule has 0 aromatic heterocycles. The zero-order valence-electron chi connectivity index (χ0n) is 11.5. The van der Waals surface area contributed by atoms with Gasteiger partial charge in [0.2, 0.25) is 0 Å². The maximum Gasteiger partial charge on any atom is 0.573 e. The summed E-state index contributed by atoms with van der Waals surface area (Å²) in [5.41, 5.74) is 0.521. The molecule has 0 fully saturated rings. The zero-order chi connectivity index (χ0) is 16.9. The van der Waals surface area contributed by atoms with E-state index in [1.165, 1.54) is 30.3 Å². The zero-order valence-corrected chi connectivity index (χ0v) is 12.3. The van der Waals surface area contributed by atoms with E-state index in [4.69, 9.17) is 16.3 Å². The molecule has 0 bridgehead atoms. The fourth-order valence-corrected chi connectivity index (χ4v) is 1.72. The van der Waals surface area contributed by atoms with E-state index in [-0.39, 0.29) is 5.75 Å². The summed E-state index contributed by atoms with van der Waals surface area (Å²) in [4.78, 5) is 11.6. The van der Waals surface area contributed by atoms with Gasteiger partial charge in [-0.2, -0.15) is 0 Å². The first-order chi connectivity index (χ1) is 10.8. The van der Waals surface area contributed by atoms with Gasteiger partial charge in [-0.05, 0) is 48.0 Å². The van der Waals surface area contributed by atoms with Gasteiger partial charge in [0, 0.05) is 11.1 Å². The molecule has 0 spiro atoms. The summed E-state index contributed by atoms with van der Waals surface area (Å²) in [6, 6.07) is 11.3. The number of ether oxygens (including phenoxy) is 2. The van der Waals surface area contributed by atoms with E-state index in [0.717, 1.165) is 18.2 Å². The first kappa shape index (κ1) is 16.9. The Bertz CT molecular complexity index is 692. The predicted octanol–water partition coefficient (Wildman–Crippen LogP) is 4.86. The summed E-state index contributed by atoms with van der Waals surface area (Å²) < 4.78 is 44.8. The Labute approximate surface area is 134 Å². The fraction of sp³-hybridized carbons (Fsp3) is 0.0625. The van der Waals surface area contributed by atoms with Gasteiger partial charge in [-0.1, -0.05) is 23.7 Å². The molecule has 0 amide bonds. The Morgan fingerprint density at radius 2 is 1.52 bits per heavy atom. The Morgan fingerprint density at radius 3 is 2.09 bits per heavy atom. The minimum Gasteiger partial charge on any atom is -0.423 e. The molecule has 0 aliphatic carbocycles. The SMILES string of the molecule is O=C(C=Cc1ccc(OC(F)(F)F)cc1)Oc1ccc(Cl)cc1. The third-order valence-corrected chi connectivity index (χ3v) is 2.81. The lowest BCUT2D eigenvalue weighted by molar-refractivity contribution is -0.274. The van der Waals surface area contributed by atoms with Crippen LogP contribution >= 0.6 is 11.6 Å². The first-order valence-corrected chi connectivity index (χ1v) is 6.71. The molecule has 0 heterocycles. The van der Waals surface area contributed by atoms with Crippen LogP contribution in [0.25, 0.3) is 6.08 Å². The first-order valence-electron chi connectivity index (χ1n) is 6.33. The van der Waals surface area contributed by atoms with E-state index in [1.807, 2.05) is 0 Å². The molecular formula is C16H10ClF3O3. The van der Waals surface area contributed by atoms with Crippen molar-refractivity contribution in [2.24, 2.45) is 0 Å². The van der Waals surface area contributed by atoms with Gasteiger partial charge in [0.25, 0.3) is 0 Å². The molecule has 0 saturated carbocycles. The minimum absolute atomic E-state index is 0.331. The molecule has 2 aromatic carbocycles. The van der Waals surface area contributed by atoms with Crippen LogP contribution < -0.4 is 9.47 Å². The highest BCUT2D eigenvalue weighted by Crippen LogP contribution is 2.23. The van der Waals surface area contributed by atoms with Crippen molar-refractivity contribution in [1.29, 1.82) is 0 Å². The van der Waals surface area contributed by atoms with Gasteiger partial charge in [-0.15, -0.1) is 13.2 Å². The topological polar surface area (TPSA) is 35.5 Å². The van der Waals surface area contributed by atoms with Gasteiger partial charge in [0.05, 0.1) is 0 Å². The van der Waals surface area contributed by atoms with Crippen LogP contribution in [0.3, 0.4) is 0 Å². The van der Waals surface area contributed by atoms with Crippen molar-refractivity contribution >= 4 is 23.6 Å². The number of alkyl halides is 3. The van der Waals surface area contributed by atoms with Crippen LogP contribution in [0.4, 0.5) is 13.2 Å². The maximum absolute atomic E-state index is 12.0. The molecule has 0 atom stereocenters. The smallest absolute Gasteiger partial charge is 0.423 e. The Balaban J connectivity index is 1.94. The summed E-state index contributed by atoms with van der Waals surface area (Å²) in [5.74, 6) is -0.626. The van der Waals surface area contributed by atoms with Gasteiger partial charge in [-0.3, -0.25) is 0 Å². The normalized spacial score (nSPS) is 11.5. The molecule has 0 unspecified atom stereocenters. The second-order valence-corrected chi connectivity index (χ2v) is 4.76. The predicted molar refractivity (Wildman–Crippen MR) is 79.2 cm³/mol. The van der Waals surface area contributed by atoms with Crippen LogP contribution in [0.15, 0.2) is 54.6 Å². The second-order valence-electron chi connectivity index (χ2n) is 4.33. The summed E-state index contributed by atoms with van der Waals surface area (Å²) in [6.07, 6.45) is -2.16. The minimum atomic E-state index is -4.74. The summed E-state index contributed by atoms with van der Waals surface area (Å²) >= 11 is 5.71. The number of hydrogen-bond acceptors (Lipinski definition) is 3. The van der Waals surface area contributed by atoms with Crippen LogP contribution in [0.5, 0.6) is 11.5 Å². The van der Waals surface area contributed by atoms with Crippen molar-refractivity contribution in [2.75, 3.05) is 0 Å². The van der Waals surface area contributed by atoms with Crippen LogP contribution in [-0.4, -0.2) is 12.3 Å². The van der Waals surface area contributed by atoms with E-state index in [2.05, 4.69) is 4.74 Å². The molecule has 120 valence electrons. The lowest BCUT2D eigenvalue weighted by atomic mass is 10.2. The number of carbonyl (C=O) groups excluding carboxylic acids is 1. The molecule has 0 aliphatic heterocycles. The number of rotatable bonds is 4. The quantitative estimate of drug-likeness (QED) is 0.452. The summed E-state index contributed by atoms with van der Waals surface area (Å²) in [7, 11) is 0. The lowest BCUT2D eigenvalue weighted by Crippen LogP contribution is -2.16. The number of carbonyl (C=O) groups is 1. The highest BCUT2D eigenvalue weighted by Gasteiger charge is 2.30. The third kappa shape index (κ3) is 6.04. The van der Waals surface area contributed by atoms with Crippen molar-refractivity contribution < 1.29 is 27.4 Å². The van der Waals surface area contributed by atoms with Gasteiger partial charge in [0.1, 0.15) is 11.5 Å². The van der Waals surface area contributed by atoms with Crippen molar-refractivity contribution in [3.8, 4) is 11.5 Å². The van der Waals surface area contributed by atoms with Crippen LogP contribution in [0.1, 0.15) is 5.56 Å². The lowest BCUT2D eigenvalue weighted by Gasteiger charge is -2.08. The number of esters is 1. The molecule has 0 aliphatic rings. The monoisotopic (exact) mass is 342 g/mol. The molecule has 2 aromatic rings. The number of benzene rings is 2. The van der Waals surface area contributed by atoms with Gasteiger partial charge >= 0.3 is 12.3 Å². The van der Waals surface area contributed by atoms with E-state index in [1.54, 1.807) is 12.1 Å². The summed E-state index contributed by atoms with van der Waals surface area (Å²) in [5, 5.41) is 0.515. The van der Waals surface area contributed by atoms with E-state index >= 15 is 0 Å². The van der Waals surface area contributed by atoms with Crippen molar-refractivity contribution in [1.82, 2.24) is 0 Å². The molecule has 2 rings (SSSR count). The van der Waals surface area contributed by atoms with Crippen LogP contribution in [0, 0.1) is 0 Å². The average Bonchev–Trinajstić information content (AvgIpc) is 2.47. The summed E-state index contributed by atoms with van der Waals surface area (Å²) in [6.45, 7) is 0. The van der Waals surface area contributed by atoms with Crippen molar-refractivity contribution in [2.45, 2.75) is 6.36 Å². The van der Waals surface area contributed by atoms with Crippen LogP contribution in [-0.2, 0) is 4.79 Å². The molecule has 23 heavy (non-hydrogen) atoms. The molecule has 3 nitrogen and oxygen atoms in total. The fourth-order valence-electron chi connectivity index (χ4n) is 1.60. The van der Waals surface area contributed by atoms with Gasteiger partial charge in [0.15, 0.2) is 0 Å². The molecule has 7 heteroatoms. The van der Waals surface area contributed by atoms with E-state index < -0.39 is 12.3 Å². The van der Waals surface area contributed by atoms with Crippen molar-refractivity contribution in [3.05, 3.63) is 65.2 Å². The average molecular weight is 343 g/mol. The molecule has 0 saturated heterocycles. The third-order valence-electron chi connectivity index (χ3n) is 2.56. The van der Waals surface area contributed by atoms with Crippen LogP contribution in [0.2, 0.25) is 5.02 Å². The Hall–Kier alpha value is -2.47. The van der Waals surface area contributed by atoms with Gasteiger partial charge in [-0.25, -0.2) is 4.79 Å². The molecule has 0 N–H and O–H groups in total. The highest BCUT2D eigenvalue weighted by molar-refractivity contribution is 6.30. The molecular weight excluding hydrogens is 333 g/mol. The standard InChI is InChI=1S/C16H10ClF3O3/c17-12-4-8-13(9-5-12)22-15(21)10-3-11-1-6-14(7-2-11)23-16(18,19)20/h1-10H. The largest absolute Gasteiger partial charge is 0.573 e. The molecule has 0 radical (unpaired) electrons. The van der Waals surface area contributed by atoms with E-state index in [0.29, 0.717) is 16.3 Å². The van der Waals surface area contributed by atoms with E-state index in [9.17, 15) is 18.0 Å². The van der Waals surface area contributed by atoms with Gasteiger partial charge < -0.3 is 9.47 Å². The Morgan fingerprint density at radius 1 is 0.957 bits per heavy atom. The maximum atomic E-state index is 12.0. The number of halogens is 4.